The maximum Gasteiger partial charge on any atom is 0.323 e. The van der Waals surface area contributed by atoms with E-state index < -0.39 is 6.04 Å². The van der Waals surface area contributed by atoms with Crippen molar-refractivity contribution in [3.05, 3.63) is 111 Å². The van der Waals surface area contributed by atoms with E-state index in [4.69, 9.17) is 16.6 Å². The molecule has 1 aliphatic heterocycles. The van der Waals surface area contributed by atoms with Crippen molar-refractivity contribution < 1.29 is 4.79 Å². The van der Waals surface area contributed by atoms with Crippen molar-refractivity contribution in [2.24, 2.45) is 4.99 Å². The van der Waals surface area contributed by atoms with Crippen LogP contribution in [-0.2, 0) is 11.2 Å². The van der Waals surface area contributed by atoms with Gasteiger partial charge in [-0.2, -0.15) is 0 Å². The molecule has 6 rings (SSSR count). The number of aromatic nitrogens is 2. The number of likely N-dealkylation sites (N-methyl/N-ethyl adjacent to an activating group) is 1. The third-order valence-corrected chi connectivity index (χ3v) is 6.74. The van der Waals surface area contributed by atoms with Crippen LogP contribution in [0.5, 0.6) is 0 Å². The summed E-state index contributed by atoms with van der Waals surface area (Å²) in [4.78, 5) is 37.6. The lowest BCUT2D eigenvalue weighted by Gasteiger charge is -2.20. The molecule has 0 spiro atoms. The highest BCUT2D eigenvalue weighted by Crippen LogP contribution is 2.31. The monoisotopic (exact) mass is 480 g/mol. The number of anilines is 1. The first-order chi connectivity index (χ1) is 17.0. The van der Waals surface area contributed by atoms with Gasteiger partial charge in [0.2, 0.25) is 0 Å². The standard InChI is InChI=1S/C28H21ClN4O2/c1-33-25-11-9-20(29)15-21(25)26(19-8-10-22-23(14-19)32-28(35)31-22)30-24(27(33)34)13-16-6-7-17-4-2-3-5-18(17)12-16/h2-12,14-15,24H,13H2,1H3,(H2,31,32,35). The van der Waals surface area contributed by atoms with E-state index in [1.54, 1.807) is 18.0 Å². The van der Waals surface area contributed by atoms with E-state index in [0.29, 0.717) is 28.2 Å². The Kier molecular flexibility index (Phi) is 5.04. The summed E-state index contributed by atoms with van der Waals surface area (Å²) in [5, 5.41) is 2.84. The summed E-state index contributed by atoms with van der Waals surface area (Å²) >= 11 is 6.38. The predicted octanol–water partition coefficient (Wildman–Crippen LogP) is 5.09. The van der Waals surface area contributed by atoms with Crippen molar-refractivity contribution in [3.63, 3.8) is 0 Å². The summed E-state index contributed by atoms with van der Waals surface area (Å²) in [5.41, 5.74) is 5.11. The quantitative estimate of drug-likeness (QED) is 0.377. The number of H-pyrrole nitrogens is 2. The summed E-state index contributed by atoms with van der Waals surface area (Å²) in [6.07, 6.45) is 0.461. The van der Waals surface area contributed by atoms with Gasteiger partial charge in [-0.25, -0.2) is 4.79 Å². The van der Waals surface area contributed by atoms with Crippen LogP contribution in [0.4, 0.5) is 5.69 Å². The van der Waals surface area contributed by atoms with Crippen LogP contribution in [0.25, 0.3) is 21.8 Å². The number of hydrogen-bond donors (Lipinski definition) is 2. The molecule has 6 nitrogen and oxygen atoms in total. The fraction of sp³-hybridized carbons (Fsp3) is 0.107. The summed E-state index contributed by atoms with van der Waals surface area (Å²) in [6.45, 7) is 0. The van der Waals surface area contributed by atoms with Crippen molar-refractivity contribution in [1.82, 2.24) is 9.97 Å². The van der Waals surface area contributed by atoms with Gasteiger partial charge in [-0.1, -0.05) is 60.1 Å². The Bertz CT molecular complexity index is 1720. The molecule has 1 aliphatic rings. The minimum Gasteiger partial charge on any atom is -0.313 e. The highest BCUT2D eigenvalue weighted by molar-refractivity contribution is 6.32. The molecule has 7 heteroatoms. The van der Waals surface area contributed by atoms with Crippen LogP contribution in [0.1, 0.15) is 16.7 Å². The van der Waals surface area contributed by atoms with Gasteiger partial charge < -0.3 is 14.9 Å². The maximum atomic E-state index is 13.6. The highest BCUT2D eigenvalue weighted by Gasteiger charge is 2.30. The first-order valence-corrected chi connectivity index (χ1v) is 11.7. The zero-order valence-electron chi connectivity index (χ0n) is 18.9. The van der Waals surface area contributed by atoms with E-state index in [0.717, 1.165) is 33.2 Å². The lowest BCUT2D eigenvalue weighted by atomic mass is 9.99. The molecule has 1 amide bonds. The lowest BCUT2D eigenvalue weighted by molar-refractivity contribution is -0.119. The van der Waals surface area contributed by atoms with E-state index in [1.165, 1.54) is 0 Å². The summed E-state index contributed by atoms with van der Waals surface area (Å²) < 4.78 is 0. The van der Waals surface area contributed by atoms with Crippen LogP contribution in [-0.4, -0.2) is 34.7 Å². The van der Waals surface area contributed by atoms with Crippen LogP contribution in [0, 0.1) is 0 Å². The molecular weight excluding hydrogens is 460 g/mol. The number of benzodiazepines with no additional fused rings is 1. The molecule has 4 aromatic carbocycles. The maximum absolute atomic E-state index is 13.6. The topological polar surface area (TPSA) is 81.3 Å². The molecule has 35 heavy (non-hydrogen) atoms. The van der Waals surface area contributed by atoms with E-state index in [1.807, 2.05) is 42.5 Å². The molecule has 172 valence electrons. The average Bonchev–Trinajstić information content (AvgIpc) is 3.20. The number of hydrogen-bond acceptors (Lipinski definition) is 3. The van der Waals surface area contributed by atoms with Gasteiger partial charge in [0, 0.05) is 29.6 Å². The van der Waals surface area contributed by atoms with Gasteiger partial charge >= 0.3 is 5.69 Å². The smallest absolute Gasteiger partial charge is 0.313 e. The number of benzene rings is 4. The number of nitrogens with one attached hydrogen (secondary N) is 2. The zero-order valence-corrected chi connectivity index (χ0v) is 19.6. The van der Waals surface area contributed by atoms with Crippen LogP contribution < -0.4 is 10.6 Å². The zero-order chi connectivity index (χ0) is 24.1. The van der Waals surface area contributed by atoms with Gasteiger partial charge in [0.15, 0.2) is 0 Å². The summed E-state index contributed by atoms with van der Waals surface area (Å²) in [5.74, 6) is -0.0899. The molecule has 5 aromatic rings. The molecule has 2 heterocycles. The Balaban J connectivity index is 1.51. The normalized spacial score (nSPS) is 15.8. The van der Waals surface area contributed by atoms with Gasteiger partial charge in [0.1, 0.15) is 6.04 Å². The molecule has 2 N–H and O–H groups in total. The first kappa shape index (κ1) is 21.4. The number of aliphatic imine (C=N–C) groups is 1. The van der Waals surface area contributed by atoms with Crippen LogP contribution >= 0.6 is 11.6 Å². The number of amides is 1. The highest BCUT2D eigenvalue weighted by atomic mass is 35.5. The number of fused-ring (bicyclic) bond motifs is 3. The molecule has 0 saturated carbocycles. The van der Waals surface area contributed by atoms with Crippen molar-refractivity contribution in [2.45, 2.75) is 12.5 Å². The van der Waals surface area contributed by atoms with Gasteiger partial charge in [-0.05, 0) is 46.7 Å². The Morgan fingerprint density at radius 2 is 1.69 bits per heavy atom. The van der Waals surface area contributed by atoms with Crippen molar-refractivity contribution >= 4 is 50.7 Å². The number of carbonyl (C=O) groups is 1. The molecule has 0 saturated heterocycles. The number of nitrogens with zero attached hydrogens (tertiary/aromatic N) is 2. The molecular formula is C28H21ClN4O2. The van der Waals surface area contributed by atoms with E-state index in [-0.39, 0.29) is 11.6 Å². The largest absolute Gasteiger partial charge is 0.323 e. The summed E-state index contributed by atoms with van der Waals surface area (Å²) in [7, 11) is 1.77. The second-order valence-corrected chi connectivity index (χ2v) is 9.21. The number of rotatable bonds is 3. The minimum absolute atomic E-state index is 0.0899. The Morgan fingerprint density at radius 3 is 2.54 bits per heavy atom. The predicted molar refractivity (Wildman–Crippen MR) is 141 cm³/mol. The van der Waals surface area contributed by atoms with Gasteiger partial charge in [-0.15, -0.1) is 0 Å². The SMILES string of the molecule is CN1C(=O)C(Cc2ccc3ccccc3c2)N=C(c2ccc3[nH]c(=O)[nH]c3c2)c2cc(Cl)ccc21. The number of carbonyl (C=O) groups excluding carboxylic acids is 1. The molecule has 1 unspecified atom stereocenters. The number of halogens is 1. The fourth-order valence-electron chi connectivity index (χ4n) is 4.75. The van der Waals surface area contributed by atoms with Crippen molar-refractivity contribution in [2.75, 3.05) is 11.9 Å². The van der Waals surface area contributed by atoms with E-state index in [9.17, 15) is 9.59 Å². The first-order valence-electron chi connectivity index (χ1n) is 11.3. The van der Waals surface area contributed by atoms with Gasteiger partial charge in [0.25, 0.3) is 5.91 Å². The van der Waals surface area contributed by atoms with Crippen molar-refractivity contribution in [1.29, 1.82) is 0 Å². The van der Waals surface area contributed by atoms with E-state index in [2.05, 4.69) is 40.3 Å². The Labute approximate surface area is 205 Å². The molecule has 0 aliphatic carbocycles. The molecule has 0 fully saturated rings. The van der Waals surface area contributed by atoms with Crippen LogP contribution in [0.3, 0.4) is 0 Å². The van der Waals surface area contributed by atoms with E-state index >= 15 is 0 Å². The second-order valence-electron chi connectivity index (χ2n) is 8.78. The lowest BCUT2D eigenvalue weighted by Crippen LogP contribution is -2.36. The number of imidazole rings is 1. The molecule has 1 aromatic heterocycles. The Morgan fingerprint density at radius 1 is 0.886 bits per heavy atom. The van der Waals surface area contributed by atoms with Gasteiger partial charge in [0.05, 0.1) is 22.4 Å². The van der Waals surface area contributed by atoms with Crippen molar-refractivity contribution in [3.8, 4) is 0 Å². The molecule has 0 bridgehead atoms. The molecule has 1 atom stereocenters. The second kappa shape index (κ2) is 8.25. The minimum atomic E-state index is -0.622. The summed E-state index contributed by atoms with van der Waals surface area (Å²) in [6, 6.07) is 24.9. The third kappa shape index (κ3) is 3.82. The number of aromatic amines is 2. The van der Waals surface area contributed by atoms with Crippen LogP contribution in [0.2, 0.25) is 5.02 Å². The Hall–Kier alpha value is -4.16. The average molecular weight is 481 g/mol. The fourth-order valence-corrected chi connectivity index (χ4v) is 4.92. The van der Waals surface area contributed by atoms with Crippen LogP contribution in [0.15, 0.2) is 88.6 Å². The molecule has 0 radical (unpaired) electrons. The third-order valence-electron chi connectivity index (χ3n) is 6.51. The van der Waals surface area contributed by atoms with Gasteiger partial charge in [-0.3, -0.25) is 9.79 Å².